The van der Waals surface area contributed by atoms with Gasteiger partial charge in [-0.2, -0.15) is 0 Å². The van der Waals surface area contributed by atoms with Crippen LogP contribution in [-0.2, 0) is 0 Å². The summed E-state index contributed by atoms with van der Waals surface area (Å²) < 4.78 is 5.19. The Labute approximate surface area is 115 Å². The van der Waals surface area contributed by atoms with Gasteiger partial charge in [-0.15, -0.1) is 0 Å². The monoisotopic (exact) mass is 264 g/mol. The first-order valence-electron chi connectivity index (χ1n) is 6.81. The predicted octanol–water partition coefficient (Wildman–Crippen LogP) is 1.63. The van der Waals surface area contributed by atoms with Gasteiger partial charge in [-0.1, -0.05) is 0 Å². The van der Waals surface area contributed by atoms with Gasteiger partial charge in [-0.05, 0) is 44.5 Å². The molecular weight excluding hydrogens is 240 g/mol. The number of hydrogen-bond acceptors (Lipinski definition) is 4. The molecule has 1 aliphatic rings. The lowest BCUT2D eigenvalue weighted by Crippen LogP contribution is -2.62. The van der Waals surface area contributed by atoms with Gasteiger partial charge in [0, 0.05) is 37.0 Å². The number of aliphatic hydroxyl groups is 1. The number of piperazine rings is 1. The first-order chi connectivity index (χ1) is 9.04. The summed E-state index contributed by atoms with van der Waals surface area (Å²) in [5, 5.41) is 12.7. The van der Waals surface area contributed by atoms with E-state index in [1.54, 1.807) is 7.11 Å². The summed E-state index contributed by atoms with van der Waals surface area (Å²) in [4.78, 5) is 2.37. The predicted molar refractivity (Wildman–Crippen MR) is 77.9 cm³/mol. The van der Waals surface area contributed by atoms with Gasteiger partial charge in [0.25, 0.3) is 0 Å². The molecule has 2 N–H and O–H groups in total. The van der Waals surface area contributed by atoms with Crippen LogP contribution in [-0.4, -0.2) is 43.5 Å². The van der Waals surface area contributed by atoms with Gasteiger partial charge in [0.2, 0.25) is 0 Å². The fraction of sp³-hybridized carbons (Fsp3) is 0.600. The number of aliphatic hydroxyl groups excluding tert-OH is 1. The topological polar surface area (TPSA) is 44.7 Å². The van der Waals surface area contributed by atoms with Crippen molar-refractivity contribution in [1.29, 1.82) is 0 Å². The van der Waals surface area contributed by atoms with Crippen LogP contribution in [0.4, 0.5) is 5.69 Å². The van der Waals surface area contributed by atoms with E-state index in [-0.39, 0.29) is 12.1 Å². The Hall–Kier alpha value is -1.26. The number of methoxy groups -OCH3 is 1. The zero-order valence-corrected chi connectivity index (χ0v) is 12.0. The Morgan fingerprint density at radius 2 is 2.05 bits per heavy atom. The minimum atomic E-state index is 0.0536. The second kappa shape index (κ2) is 5.80. The minimum Gasteiger partial charge on any atom is -0.497 e. The third-order valence-electron chi connectivity index (χ3n) is 3.54. The van der Waals surface area contributed by atoms with Crippen LogP contribution >= 0.6 is 0 Å². The van der Waals surface area contributed by atoms with Gasteiger partial charge >= 0.3 is 0 Å². The molecule has 0 saturated carbocycles. The number of nitrogens with zero attached hydrogens (tertiary/aromatic N) is 1. The van der Waals surface area contributed by atoms with Crippen molar-refractivity contribution in [2.75, 3.05) is 31.7 Å². The average molecular weight is 264 g/mol. The molecule has 2 rings (SSSR count). The Morgan fingerprint density at radius 3 is 2.63 bits per heavy atom. The molecule has 106 valence electrons. The van der Waals surface area contributed by atoms with Crippen molar-refractivity contribution in [1.82, 2.24) is 5.32 Å². The average Bonchev–Trinajstić information content (AvgIpc) is 2.37. The van der Waals surface area contributed by atoms with Crippen molar-refractivity contribution in [3.05, 3.63) is 24.3 Å². The Morgan fingerprint density at radius 1 is 1.37 bits per heavy atom. The summed E-state index contributed by atoms with van der Waals surface area (Å²) in [5.74, 6) is 0.880. The molecule has 1 atom stereocenters. The normalized spacial score (nSPS) is 22.3. The Bertz CT molecular complexity index is 403. The van der Waals surface area contributed by atoms with E-state index in [1.165, 1.54) is 5.69 Å². The van der Waals surface area contributed by atoms with E-state index in [4.69, 9.17) is 9.84 Å². The molecule has 1 aromatic rings. The SMILES string of the molecule is COc1ccc(N2CC(CCO)NC(C)(C)C2)cc1. The van der Waals surface area contributed by atoms with E-state index in [9.17, 15) is 0 Å². The second-order valence-electron chi connectivity index (χ2n) is 5.82. The van der Waals surface area contributed by atoms with Gasteiger partial charge in [0.1, 0.15) is 5.75 Å². The molecule has 0 spiro atoms. The third kappa shape index (κ3) is 3.61. The molecular formula is C15H24N2O2. The molecule has 19 heavy (non-hydrogen) atoms. The lowest BCUT2D eigenvalue weighted by molar-refractivity contribution is 0.224. The summed E-state index contributed by atoms with van der Waals surface area (Å²) in [5.41, 5.74) is 1.26. The summed E-state index contributed by atoms with van der Waals surface area (Å²) in [6.45, 7) is 6.52. The largest absolute Gasteiger partial charge is 0.497 e. The van der Waals surface area contributed by atoms with E-state index in [2.05, 4.69) is 36.2 Å². The minimum absolute atomic E-state index is 0.0536. The molecule has 4 nitrogen and oxygen atoms in total. The number of anilines is 1. The summed E-state index contributed by atoms with van der Waals surface area (Å²) in [6, 6.07) is 8.50. The van der Waals surface area contributed by atoms with Crippen LogP contribution in [0, 0.1) is 0 Å². The van der Waals surface area contributed by atoms with Gasteiger partial charge < -0.3 is 20.1 Å². The number of nitrogens with one attached hydrogen (secondary N) is 1. The second-order valence-corrected chi connectivity index (χ2v) is 5.82. The first kappa shape index (κ1) is 14.2. The molecule has 0 bridgehead atoms. The van der Waals surface area contributed by atoms with Crippen molar-refractivity contribution in [3.63, 3.8) is 0 Å². The van der Waals surface area contributed by atoms with E-state index in [0.717, 1.165) is 25.3 Å². The highest BCUT2D eigenvalue weighted by Crippen LogP contribution is 2.24. The van der Waals surface area contributed by atoms with Gasteiger partial charge in [0.15, 0.2) is 0 Å². The molecule has 0 aromatic heterocycles. The van der Waals surface area contributed by atoms with E-state index >= 15 is 0 Å². The molecule has 4 heteroatoms. The van der Waals surface area contributed by atoms with Gasteiger partial charge in [-0.3, -0.25) is 0 Å². The smallest absolute Gasteiger partial charge is 0.119 e. The van der Waals surface area contributed by atoms with Crippen LogP contribution in [0.15, 0.2) is 24.3 Å². The molecule has 0 radical (unpaired) electrons. The first-order valence-corrected chi connectivity index (χ1v) is 6.81. The Kier molecular flexibility index (Phi) is 4.32. The zero-order valence-electron chi connectivity index (χ0n) is 12.0. The summed E-state index contributed by atoms with van der Waals surface area (Å²) in [6.07, 6.45) is 0.788. The molecule has 1 unspecified atom stereocenters. The molecule has 0 aliphatic carbocycles. The molecule has 1 aromatic carbocycles. The van der Waals surface area contributed by atoms with Crippen LogP contribution in [0.25, 0.3) is 0 Å². The number of benzene rings is 1. The fourth-order valence-electron chi connectivity index (χ4n) is 2.76. The van der Waals surface area contributed by atoms with Crippen molar-refractivity contribution >= 4 is 5.69 Å². The molecule has 1 saturated heterocycles. The fourth-order valence-corrected chi connectivity index (χ4v) is 2.76. The lowest BCUT2D eigenvalue weighted by atomic mass is 9.96. The maximum atomic E-state index is 9.14. The maximum absolute atomic E-state index is 9.14. The Balaban J connectivity index is 2.12. The number of hydrogen-bond donors (Lipinski definition) is 2. The van der Waals surface area contributed by atoms with Crippen molar-refractivity contribution in [3.8, 4) is 5.75 Å². The lowest BCUT2D eigenvalue weighted by Gasteiger charge is -2.45. The van der Waals surface area contributed by atoms with E-state index in [0.29, 0.717) is 6.04 Å². The molecule has 1 fully saturated rings. The quantitative estimate of drug-likeness (QED) is 0.867. The standard InChI is InChI=1S/C15H24N2O2/c1-15(2)11-17(10-12(16-15)8-9-18)13-4-6-14(19-3)7-5-13/h4-7,12,16,18H,8-11H2,1-3H3. The highest BCUT2D eigenvalue weighted by Gasteiger charge is 2.31. The van der Waals surface area contributed by atoms with Crippen LogP contribution in [0.3, 0.4) is 0 Å². The van der Waals surface area contributed by atoms with Gasteiger partial charge in [-0.25, -0.2) is 0 Å². The van der Waals surface area contributed by atoms with Crippen LogP contribution in [0.5, 0.6) is 5.75 Å². The van der Waals surface area contributed by atoms with Crippen LogP contribution < -0.4 is 15.0 Å². The maximum Gasteiger partial charge on any atom is 0.119 e. The van der Waals surface area contributed by atoms with Crippen molar-refractivity contribution in [2.24, 2.45) is 0 Å². The van der Waals surface area contributed by atoms with Crippen molar-refractivity contribution in [2.45, 2.75) is 31.8 Å². The summed E-state index contributed by atoms with van der Waals surface area (Å²) in [7, 11) is 1.68. The number of ether oxygens (including phenoxy) is 1. The third-order valence-corrected chi connectivity index (χ3v) is 3.54. The summed E-state index contributed by atoms with van der Waals surface area (Å²) >= 11 is 0. The number of rotatable bonds is 4. The van der Waals surface area contributed by atoms with Gasteiger partial charge in [0.05, 0.1) is 7.11 Å². The van der Waals surface area contributed by atoms with Crippen LogP contribution in [0.2, 0.25) is 0 Å². The molecule has 1 aliphatic heterocycles. The van der Waals surface area contributed by atoms with Crippen LogP contribution in [0.1, 0.15) is 20.3 Å². The zero-order chi connectivity index (χ0) is 13.9. The van der Waals surface area contributed by atoms with E-state index < -0.39 is 0 Å². The highest BCUT2D eigenvalue weighted by atomic mass is 16.5. The van der Waals surface area contributed by atoms with Crippen molar-refractivity contribution < 1.29 is 9.84 Å². The molecule has 0 amide bonds. The molecule has 1 heterocycles. The van der Waals surface area contributed by atoms with E-state index in [1.807, 2.05) is 12.1 Å². The highest BCUT2D eigenvalue weighted by molar-refractivity contribution is 5.50.